The predicted molar refractivity (Wildman–Crippen MR) is 90.1 cm³/mol. The SMILES string of the molecule is CCC(=CC(CNC(=O)c1cccnc1)N=O)C(C(C)C)[N+](=O)[O-]. The second kappa shape index (κ2) is 9.49. The summed E-state index contributed by atoms with van der Waals surface area (Å²) in [6, 6.07) is 1.50. The van der Waals surface area contributed by atoms with Crippen LogP contribution in [-0.4, -0.2) is 34.4 Å². The van der Waals surface area contributed by atoms with Gasteiger partial charge in [0.2, 0.25) is 6.04 Å². The smallest absolute Gasteiger partial charge is 0.252 e. The number of hydrogen-bond acceptors (Lipinski definition) is 6. The maximum Gasteiger partial charge on any atom is 0.252 e. The Hall–Kier alpha value is -2.64. The molecule has 1 aromatic rings. The molecular weight excluding hydrogens is 312 g/mol. The minimum atomic E-state index is -0.867. The van der Waals surface area contributed by atoms with Gasteiger partial charge in [-0.25, -0.2) is 0 Å². The monoisotopic (exact) mass is 334 g/mol. The Morgan fingerprint density at radius 2 is 2.21 bits per heavy atom. The van der Waals surface area contributed by atoms with Crippen molar-refractivity contribution >= 4 is 5.91 Å². The normalized spacial score (nSPS) is 14.1. The summed E-state index contributed by atoms with van der Waals surface area (Å²) in [5.74, 6) is -0.582. The van der Waals surface area contributed by atoms with E-state index in [-0.39, 0.29) is 23.3 Å². The fraction of sp³-hybridized carbons (Fsp3) is 0.500. The average Bonchev–Trinajstić information content (AvgIpc) is 2.57. The number of carbonyl (C=O) groups is 1. The van der Waals surface area contributed by atoms with Crippen molar-refractivity contribution in [1.82, 2.24) is 10.3 Å². The number of nitrogens with one attached hydrogen (secondary N) is 1. The van der Waals surface area contributed by atoms with E-state index in [1.807, 2.05) is 0 Å². The van der Waals surface area contributed by atoms with Gasteiger partial charge in [-0.3, -0.25) is 19.9 Å². The summed E-state index contributed by atoms with van der Waals surface area (Å²) in [6.07, 6.45) is 4.89. The molecule has 0 aromatic carbocycles. The summed E-state index contributed by atoms with van der Waals surface area (Å²) in [7, 11) is 0. The fourth-order valence-corrected chi connectivity index (χ4v) is 2.40. The van der Waals surface area contributed by atoms with Crippen LogP contribution in [-0.2, 0) is 0 Å². The van der Waals surface area contributed by atoms with Crippen molar-refractivity contribution in [2.75, 3.05) is 6.54 Å². The Balaban J connectivity index is 2.82. The highest BCUT2D eigenvalue weighted by Crippen LogP contribution is 2.19. The molecule has 24 heavy (non-hydrogen) atoms. The van der Waals surface area contributed by atoms with Crippen LogP contribution >= 0.6 is 0 Å². The number of aromatic nitrogens is 1. The molecule has 0 aliphatic carbocycles. The highest BCUT2D eigenvalue weighted by atomic mass is 16.6. The summed E-state index contributed by atoms with van der Waals surface area (Å²) < 4.78 is 0. The average molecular weight is 334 g/mol. The number of nitro groups is 1. The minimum absolute atomic E-state index is 0.0245. The molecule has 2 atom stereocenters. The van der Waals surface area contributed by atoms with Crippen LogP contribution in [0.25, 0.3) is 0 Å². The van der Waals surface area contributed by atoms with E-state index in [4.69, 9.17) is 0 Å². The Morgan fingerprint density at radius 1 is 1.50 bits per heavy atom. The molecule has 0 saturated heterocycles. The van der Waals surface area contributed by atoms with Gasteiger partial charge in [0, 0.05) is 35.4 Å². The second-order valence-corrected chi connectivity index (χ2v) is 5.69. The van der Waals surface area contributed by atoms with Gasteiger partial charge in [0.1, 0.15) is 6.04 Å². The fourth-order valence-electron chi connectivity index (χ4n) is 2.40. The maximum absolute atomic E-state index is 11.9. The van der Waals surface area contributed by atoms with Crippen molar-refractivity contribution in [3.63, 3.8) is 0 Å². The van der Waals surface area contributed by atoms with Crippen molar-refractivity contribution in [2.24, 2.45) is 11.1 Å². The van der Waals surface area contributed by atoms with Crippen LogP contribution < -0.4 is 5.32 Å². The van der Waals surface area contributed by atoms with Crippen LogP contribution in [0.3, 0.4) is 0 Å². The van der Waals surface area contributed by atoms with E-state index in [0.717, 1.165) is 0 Å². The Kier molecular flexibility index (Phi) is 7.67. The molecule has 0 fully saturated rings. The lowest BCUT2D eigenvalue weighted by Gasteiger charge is -2.17. The molecule has 1 heterocycles. The summed E-state index contributed by atoms with van der Waals surface area (Å²) in [5, 5.41) is 16.8. The Labute approximate surface area is 140 Å². The summed E-state index contributed by atoms with van der Waals surface area (Å²) in [5.41, 5.74) is 0.905. The van der Waals surface area contributed by atoms with Gasteiger partial charge >= 0.3 is 0 Å². The number of rotatable bonds is 9. The van der Waals surface area contributed by atoms with E-state index in [1.54, 1.807) is 39.1 Å². The van der Waals surface area contributed by atoms with Gasteiger partial charge in [-0.05, 0) is 24.6 Å². The first-order chi connectivity index (χ1) is 11.4. The third-order valence-electron chi connectivity index (χ3n) is 3.58. The third-order valence-corrected chi connectivity index (χ3v) is 3.58. The molecule has 1 N–H and O–H groups in total. The topological polar surface area (TPSA) is 115 Å². The zero-order chi connectivity index (χ0) is 18.1. The molecular formula is C16H22N4O4. The van der Waals surface area contributed by atoms with Crippen LogP contribution in [0.4, 0.5) is 0 Å². The first-order valence-electron chi connectivity index (χ1n) is 7.75. The molecule has 0 saturated carbocycles. The molecule has 0 bridgehead atoms. The molecule has 1 rings (SSSR count). The van der Waals surface area contributed by atoms with Crippen molar-refractivity contribution < 1.29 is 9.72 Å². The van der Waals surface area contributed by atoms with Crippen LogP contribution in [0, 0.1) is 20.9 Å². The molecule has 0 aliphatic rings. The van der Waals surface area contributed by atoms with E-state index in [0.29, 0.717) is 17.6 Å². The van der Waals surface area contributed by atoms with E-state index in [9.17, 15) is 19.8 Å². The zero-order valence-electron chi connectivity index (χ0n) is 14.0. The first kappa shape index (κ1) is 19.4. The maximum atomic E-state index is 11.9. The molecule has 0 radical (unpaired) electrons. The molecule has 1 amide bonds. The van der Waals surface area contributed by atoms with Gasteiger partial charge in [-0.1, -0.05) is 25.9 Å². The summed E-state index contributed by atoms with van der Waals surface area (Å²) >= 11 is 0. The molecule has 130 valence electrons. The summed E-state index contributed by atoms with van der Waals surface area (Å²) in [6.45, 7) is 5.28. The highest BCUT2D eigenvalue weighted by molar-refractivity contribution is 5.93. The lowest BCUT2D eigenvalue weighted by atomic mass is 9.93. The minimum Gasteiger partial charge on any atom is -0.349 e. The van der Waals surface area contributed by atoms with Crippen LogP contribution in [0.5, 0.6) is 0 Å². The molecule has 1 aromatic heterocycles. The summed E-state index contributed by atoms with van der Waals surface area (Å²) in [4.78, 5) is 37.7. The first-order valence-corrected chi connectivity index (χ1v) is 7.75. The molecule has 8 nitrogen and oxygen atoms in total. The van der Waals surface area contributed by atoms with Gasteiger partial charge in [0.05, 0.1) is 5.56 Å². The quantitative estimate of drug-likeness (QED) is 0.322. The van der Waals surface area contributed by atoms with E-state index in [1.165, 1.54) is 12.3 Å². The van der Waals surface area contributed by atoms with E-state index in [2.05, 4.69) is 15.5 Å². The molecule has 0 aliphatic heterocycles. The number of nitroso groups, excluding NO2 is 1. The van der Waals surface area contributed by atoms with Crippen LogP contribution in [0.15, 0.2) is 41.4 Å². The van der Waals surface area contributed by atoms with Gasteiger partial charge in [-0.2, -0.15) is 4.91 Å². The van der Waals surface area contributed by atoms with Crippen LogP contribution in [0.2, 0.25) is 0 Å². The Bertz CT molecular complexity index is 601. The zero-order valence-corrected chi connectivity index (χ0v) is 14.0. The number of nitrogens with zero attached hydrogens (tertiary/aromatic N) is 3. The molecule has 2 unspecified atom stereocenters. The van der Waals surface area contributed by atoms with Gasteiger partial charge in [-0.15, -0.1) is 0 Å². The van der Waals surface area contributed by atoms with E-state index >= 15 is 0 Å². The highest BCUT2D eigenvalue weighted by Gasteiger charge is 2.29. The number of amides is 1. The number of carbonyl (C=O) groups excluding carboxylic acids is 1. The van der Waals surface area contributed by atoms with Crippen LogP contribution in [0.1, 0.15) is 37.6 Å². The van der Waals surface area contributed by atoms with Crippen molar-refractivity contribution in [2.45, 2.75) is 39.3 Å². The predicted octanol–water partition coefficient (Wildman–Crippen LogP) is 2.58. The third kappa shape index (κ3) is 5.53. The molecule has 8 heteroatoms. The molecule has 0 spiro atoms. The van der Waals surface area contributed by atoms with Gasteiger partial charge < -0.3 is 5.32 Å². The van der Waals surface area contributed by atoms with Crippen molar-refractivity contribution in [3.05, 3.63) is 56.8 Å². The van der Waals surface area contributed by atoms with Crippen molar-refractivity contribution in [3.8, 4) is 0 Å². The lowest BCUT2D eigenvalue weighted by molar-refractivity contribution is -0.520. The largest absolute Gasteiger partial charge is 0.349 e. The Morgan fingerprint density at radius 3 is 2.67 bits per heavy atom. The lowest BCUT2D eigenvalue weighted by Crippen LogP contribution is -2.32. The van der Waals surface area contributed by atoms with Gasteiger partial charge in [0.25, 0.3) is 5.91 Å². The second-order valence-electron chi connectivity index (χ2n) is 5.69. The van der Waals surface area contributed by atoms with Gasteiger partial charge in [0.15, 0.2) is 0 Å². The number of hydrogen-bond donors (Lipinski definition) is 1. The number of pyridine rings is 1. The standard InChI is InChI=1S/C16H22N4O4/c1-4-12(15(11(2)3)20(23)24)8-14(19-22)10-18-16(21)13-6-5-7-17-9-13/h5-9,11,14-15H,4,10H2,1-3H3,(H,18,21). The van der Waals surface area contributed by atoms with E-state index < -0.39 is 12.1 Å². The van der Waals surface area contributed by atoms with Crippen molar-refractivity contribution in [1.29, 1.82) is 0 Å².